The molecule has 0 aliphatic heterocycles. The molecule has 0 radical (unpaired) electrons. The van der Waals surface area contributed by atoms with Gasteiger partial charge in [-0.1, -0.05) is 29.3 Å². The lowest BCUT2D eigenvalue weighted by molar-refractivity contribution is 0.0526. The fourth-order valence-electron chi connectivity index (χ4n) is 2.51. The molecule has 0 bridgehead atoms. The largest absolute Gasteiger partial charge is 0.462 e. The Kier molecular flexibility index (Phi) is 6.92. The summed E-state index contributed by atoms with van der Waals surface area (Å²) in [6, 6.07) is 8.91. The van der Waals surface area contributed by atoms with Gasteiger partial charge in [0.15, 0.2) is 0 Å². The summed E-state index contributed by atoms with van der Waals surface area (Å²) in [6.45, 7) is 7.33. The van der Waals surface area contributed by atoms with Crippen molar-refractivity contribution >= 4 is 44.9 Å². The predicted molar refractivity (Wildman–Crippen MR) is 108 cm³/mol. The number of hydrogen-bond donors (Lipinski definition) is 0. The van der Waals surface area contributed by atoms with Crippen molar-refractivity contribution in [3.63, 3.8) is 0 Å². The number of carbonyl (C=O) groups is 1. The minimum atomic E-state index is -4.01. The molecule has 0 heterocycles. The van der Waals surface area contributed by atoms with Gasteiger partial charge < -0.3 is 4.74 Å². The van der Waals surface area contributed by atoms with E-state index in [1.54, 1.807) is 26.0 Å². The maximum absolute atomic E-state index is 13.2. The van der Waals surface area contributed by atoms with E-state index in [4.69, 9.17) is 27.9 Å². The molecule has 5 nitrogen and oxygen atoms in total. The monoisotopic (exact) mass is 427 g/mol. The third-order valence-corrected chi connectivity index (χ3v) is 6.23. The van der Waals surface area contributed by atoms with Gasteiger partial charge in [0.2, 0.25) is 0 Å². The zero-order chi connectivity index (χ0) is 20.2. The van der Waals surface area contributed by atoms with Crippen LogP contribution in [0, 0.1) is 6.92 Å². The number of esters is 1. The molecule has 0 aliphatic carbocycles. The molecule has 0 aromatic heterocycles. The zero-order valence-electron chi connectivity index (χ0n) is 14.9. The van der Waals surface area contributed by atoms with E-state index < -0.39 is 16.0 Å². The van der Waals surface area contributed by atoms with Gasteiger partial charge in [-0.2, -0.15) is 0 Å². The summed E-state index contributed by atoms with van der Waals surface area (Å²) in [4.78, 5) is 11.8. The number of ether oxygens (including phenoxy) is 1. The van der Waals surface area contributed by atoms with Crippen LogP contribution in [-0.2, 0) is 14.8 Å². The van der Waals surface area contributed by atoms with Crippen molar-refractivity contribution in [2.24, 2.45) is 0 Å². The highest BCUT2D eigenvalue weighted by atomic mass is 35.5. The van der Waals surface area contributed by atoms with Gasteiger partial charge in [-0.15, -0.1) is 6.58 Å². The standard InChI is InChI=1S/C19H19Cl2NO4S/c1-4-10-22(27(24,25)18-12-15(20)7-8-16(18)21)17-9-6-14(11-13(17)3)19(23)26-5-2/h4,6-9,11-12H,1,5,10H2,2-3H3. The Bertz CT molecular complexity index is 974. The minimum absolute atomic E-state index is 0.0186. The second-order valence-corrected chi connectivity index (χ2v) is 8.30. The Morgan fingerprint density at radius 3 is 2.52 bits per heavy atom. The summed E-state index contributed by atoms with van der Waals surface area (Å²) in [7, 11) is -4.01. The first-order valence-corrected chi connectivity index (χ1v) is 10.3. The number of sulfonamides is 1. The molecule has 27 heavy (non-hydrogen) atoms. The van der Waals surface area contributed by atoms with E-state index in [-0.39, 0.29) is 28.1 Å². The van der Waals surface area contributed by atoms with Crippen molar-refractivity contribution in [2.75, 3.05) is 17.5 Å². The van der Waals surface area contributed by atoms with Crippen LogP contribution in [0.5, 0.6) is 0 Å². The van der Waals surface area contributed by atoms with Gasteiger partial charge in [0.05, 0.1) is 29.4 Å². The average molecular weight is 428 g/mol. The lowest BCUT2D eigenvalue weighted by Gasteiger charge is -2.25. The third kappa shape index (κ3) is 4.64. The highest BCUT2D eigenvalue weighted by Crippen LogP contribution is 2.32. The van der Waals surface area contributed by atoms with Gasteiger partial charge in [0.25, 0.3) is 10.0 Å². The molecule has 0 fully saturated rings. The summed E-state index contributed by atoms with van der Waals surface area (Å²) in [6.07, 6.45) is 1.47. The highest BCUT2D eigenvalue weighted by Gasteiger charge is 2.28. The first kappa shape index (κ1) is 21.3. The first-order valence-electron chi connectivity index (χ1n) is 8.08. The summed E-state index contributed by atoms with van der Waals surface area (Å²) >= 11 is 12.1. The lowest BCUT2D eigenvalue weighted by atomic mass is 10.1. The van der Waals surface area contributed by atoms with Gasteiger partial charge in [0, 0.05) is 5.02 Å². The van der Waals surface area contributed by atoms with Gasteiger partial charge >= 0.3 is 5.97 Å². The van der Waals surface area contributed by atoms with Gasteiger partial charge in [-0.25, -0.2) is 13.2 Å². The molecule has 0 saturated heterocycles. The van der Waals surface area contributed by atoms with Crippen LogP contribution in [0.4, 0.5) is 5.69 Å². The number of halogens is 2. The van der Waals surface area contributed by atoms with E-state index in [0.717, 1.165) is 0 Å². The Morgan fingerprint density at radius 1 is 1.22 bits per heavy atom. The Balaban J connectivity index is 2.56. The topological polar surface area (TPSA) is 63.7 Å². The van der Waals surface area contributed by atoms with Crippen LogP contribution in [0.1, 0.15) is 22.8 Å². The van der Waals surface area contributed by atoms with Gasteiger partial charge in [0.1, 0.15) is 4.90 Å². The number of hydrogen-bond acceptors (Lipinski definition) is 4. The molecule has 0 aliphatic rings. The van der Waals surface area contributed by atoms with E-state index in [1.807, 2.05) is 0 Å². The Hall–Kier alpha value is -2.02. The average Bonchev–Trinajstić information content (AvgIpc) is 2.62. The van der Waals surface area contributed by atoms with Crippen molar-refractivity contribution in [1.82, 2.24) is 0 Å². The Morgan fingerprint density at radius 2 is 1.93 bits per heavy atom. The zero-order valence-corrected chi connectivity index (χ0v) is 17.2. The van der Waals surface area contributed by atoms with Crippen LogP contribution in [0.3, 0.4) is 0 Å². The number of anilines is 1. The summed E-state index contributed by atoms with van der Waals surface area (Å²) < 4.78 is 32.6. The Labute approximate surface area is 169 Å². The number of aryl methyl sites for hydroxylation is 1. The molecule has 2 aromatic carbocycles. The van der Waals surface area contributed by atoms with Crippen molar-refractivity contribution in [3.05, 3.63) is 70.2 Å². The predicted octanol–water partition coefficient (Wildman–Crippen LogP) is 4.86. The van der Waals surface area contributed by atoms with E-state index in [9.17, 15) is 13.2 Å². The molecule has 144 valence electrons. The molecule has 0 unspecified atom stereocenters. The van der Waals surface area contributed by atoms with Crippen molar-refractivity contribution in [1.29, 1.82) is 0 Å². The minimum Gasteiger partial charge on any atom is -0.462 e. The second kappa shape index (κ2) is 8.78. The molecule has 0 atom stereocenters. The van der Waals surface area contributed by atoms with Crippen LogP contribution in [0.15, 0.2) is 53.9 Å². The van der Waals surface area contributed by atoms with Crippen molar-refractivity contribution in [3.8, 4) is 0 Å². The second-order valence-electron chi connectivity index (χ2n) is 5.62. The maximum Gasteiger partial charge on any atom is 0.338 e. The van der Waals surface area contributed by atoms with E-state index in [2.05, 4.69) is 6.58 Å². The summed E-state index contributed by atoms with van der Waals surface area (Å²) in [5.41, 5.74) is 1.33. The van der Waals surface area contributed by atoms with Crippen LogP contribution in [-0.4, -0.2) is 27.5 Å². The van der Waals surface area contributed by atoms with Gasteiger partial charge in [-0.05, 0) is 55.8 Å². The number of nitrogens with zero attached hydrogens (tertiary/aromatic N) is 1. The molecule has 0 spiro atoms. The van der Waals surface area contributed by atoms with Crippen LogP contribution in [0.2, 0.25) is 10.0 Å². The maximum atomic E-state index is 13.2. The van der Waals surface area contributed by atoms with E-state index in [0.29, 0.717) is 16.8 Å². The number of benzene rings is 2. The normalized spacial score (nSPS) is 11.1. The highest BCUT2D eigenvalue weighted by molar-refractivity contribution is 7.93. The number of carbonyl (C=O) groups excluding carboxylic acids is 1. The molecule has 0 N–H and O–H groups in total. The van der Waals surface area contributed by atoms with E-state index in [1.165, 1.54) is 34.6 Å². The molecule has 0 saturated carbocycles. The molecule has 2 rings (SSSR count). The summed E-state index contributed by atoms with van der Waals surface area (Å²) in [5.74, 6) is -0.469. The third-order valence-electron chi connectivity index (χ3n) is 3.73. The van der Waals surface area contributed by atoms with Gasteiger partial charge in [-0.3, -0.25) is 4.31 Å². The molecular formula is C19H19Cl2NO4S. The van der Waals surface area contributed by atoms with Crippen LogP contribution >= 0.6 is 23.2 Å². The molecule has 2 aromatic rings. The fraction of sp³-hybridized carbons (Fsp3) is 0.211. The van der Waals surface area contributed by atoms with E-state index >= 15 is 0 Å². The molecular weight excluding hydrogens is 409 g/mol. The molecule has 0 amide bonds. The quantitative estimate of drug-likeness (QED) is 0.467. The SMILES string of the molecule is C=CCN(c1ccc(C(=O)OCC)cc1C)S(=O)(=O)c1cc(Cl)ccc1Cl. The van der Waals surface area contributed by atoms with Crippen molar-refractivity contribution in [2.45, 2.75) is 18.7 Å². The molecule has 8 heteroatoms. The van der Waals surface area contributed by atoms with Crippen molar-refractivity contribution < 1.29 is 17.9 Å². The smallest absolute Gasteiger partial charge is 0.338 e. The lowest BCUT2D eigenvalue weighted by Crippen LogP contribution is -2.32. The first-order chi connectivity index (χ1) is 12.7. The summed E-state index contributed by atoms with van der Waals surface area (Å²) in [5, 5.41) is 0.320. The fourth-order valence-corrected chi connectivity index (χ4v) is 4.75. The van der Waals surface area contributed by atoms with Crippen LogP contribution in [0.25, 0.3) is 0 Å². The number of rotatable bonds is 7. The van der Waals surface area contributed by atoms with Crippen LogP contribution < -0.4 is 4.31 Å².